The Morgan fingerprint density at radius 3 is 2.62 bits per heavy atom. The van der Waals surface area contributed by atoms with E-state index in [1.165, 1.54) is 0 Å². The van der Waals surface area contributed by atoms with Crippen molar-refractivity contribution in [2.24, 2.45) is 0 Å². The Morgan fingerprint density at radius 1 is 1.24 bits per heavy atom. The highest BCUT2D eigenvalue weighted by Gasteiger charge is 2.01. The van der Waals surface area contributed by atoms with Crippen LogP contribution >= 0.6 is 0 Å². The molecule has 1 aromatic heterocycles. The molecule has 0 spiro atoms. The normalized spacial score (nSPS) is 10.1. The molecule has 0 fully saturated rings. The summed E-state index contributed by atoms with van der Waals surface area (Å²) in [6, 6.07) is 9.66. The summed E-state index contributed by atoms with van der Waals surface area (Å²) in [6.45, 7) is 2.73. The van der Waals surface area contributed by atoms with E-state index in [-0.39, 0.29) is 11.9 Å². The number of carbonyl (C=O) groups excluding carboxylic acids is 1. The van der Waals surface area contributed by atoms with Gasteiger partial charge in [-0.05, 0) is 17.2 Å². The van der Waals surface area contributed by atoms with Crippen LogP contribution in [0.2, 0.25) is 0 Å². The monoisotopic (exact) mass is 286 g/mol. The molecule has 2 rings (SSSR count). The van der Waals surface area contributed by atoms with E-state index in [1.807, 2.05) is 31.2 Å². The van der Waals surface area contributed by atoms with Gasteiger partial charge in [-0.15, -0.1) is 0 Å². The highest BCUT2D eigenvalue weighted by atomic mass is 16.5. The number of amides is 1. The molecule has 2 aromatic rings. The molecular weight excluding hydrogens is 268 g/mol. The van der Waals surface area contributed by atoms with E-state index in [0.29, 0.717) is 25.4 Å². The summed E-state index contributed by atoms with van der Waals surface area (Å²) in [5.41, 5.74) is 7.59. The van der Waals surface area contributed by atoms with Crippen LogP contribution in [0, 0.1) is 0 Å². The lowest BCUT2D eigenvalue weighted by Crippen LogP contribution is -2.21. The summed E-state index contributed by atoms with van der Waals surface area (Å²) in [4.78, 5) is 19.1. The van der Waals surface area contributed by atoms with Gasteiger partial charge in [0.15, 0.2) is 0 Å². The number of benzene rings is 1. The van der Waals surface area contributed by atoms with Gasteiger partial charge in [-0.1, -0.05) is 31.2 Å². The summed E-state index contributed by atoms with van der Waals surface area (Å²) in [7, 11) is 0. The first kappa shape index (κ1) is 14.8. The van der Waals surface area contributed by atoms with Crippen molar-refractivity contribution in [3.63, 3.8) is 0 Å². The van der Waals surface area contributed by atoms with Crippen LogP contribution < -0.4 is 15.8 Å². The zero-order chi connectivity index (χ0) is 15.1. The van der Waals surface area contributed by atoms with Crippen LogP contribution in [-0.4, -0.2) is 15.9 Å². The topological polar surface area (TPSA) is 90.1 Å². The minimum atomic E-state index is 0.0428. The highest BCUT2D eigenvalue weighted by molar-refractivity contribution is 5.75. The minimum absolute atomic E-state index is 0.0428. The van der Waals surface area contributed by atoms with Gasteiger partial charge in [0, 0.05) is 19.2 Å². The van der Waals surface area contributed by atoms with E-state index in [1.54, 1.807) is 12.3 Å². The van der Waals surface area contributed by atoms with Gasteiger partial charge in [0.05, 0.1) is 0 Å². The van der Waals surface area contributed by atoms with Gasteiger partial charge >= 0.3 is 6.01 Å². The Labute approximate surface area is 123 Å². The summed E-state index contributed by atoms with van der Waals surface area (Å²) in [5.74, 6) is 0.420. The number of hydrogen-bond donors (Lipinski definition) is 2. The van der Waals surface area contributed by atoms with Gasteiger partial charge < -0.3 is 15.8 Å². The van der Waals surface area contributed by atoms with E-state index in [4.69, 9.17) is 10.5 Å². The van der Waals surface area contributed by atoms with Gasteiger partial charge in [0.1, 0.15) is 12.4 Å². The first-order valence-corrected chi connectivity index (χ1v) is 6.73. The second kappa shape index (κ2) is 7.23. The number of hydrogen-bond acceptors (Lipinski definition) is 5. The smallest absolute Gasteiger partial charge is 0.318 e. The SMILES string of the molecule is CCC(=O)NCc1ccc(COc2nccc(N)n2)cc1. The van der Waals surface area contributed by atoms with Crippen LogP contribution in [0.1, 0.15) is 24.5 Å². The largest absolute Gasteiger partial charge is 0.459 e. The quantitative estimate of drug-likeness (QED) is 0.843. The summed E-state index contributed by atoms with van der Waals surface area (Å²) >= 11 is 0. The fourth-order valence-electron chi connectivity index (χ4n) is 1.65. The number of nitrogen functional groups attached to an aromatic ring is 1. The molecule has 0 saturated heterocycles. The number of carbonyl (C=O) groups is 1. The van der Waals surface area contributed by atoms with Crippen LogP contribution in [0.3, 0.4) is 0 Å². The molecule has 1 heterocycles. The molecule has 0 unspecified atom stereocenters. The Kier molecular flexibility index (Phi) is 5.09. The number of rotatable bonds is 6. The molecule has 0 saturated carbocycles. The van der Waals surface area contributed by atoms with Crippen LogP contribution in [-0.2, 0) is 17.9 Å². The van der Waals surface area contributed by atoms with Gasteiger partial charge in [0.25, 0.3) is 0 Å². The lowest BCUT2D eigenvalue weighted by atomic mass is 10.1. The van der Waals surface area contributed by atoms with E-state index in [2.05, 4.69) is 15.3 Å². The lowest BCUT2D eigenvalue weighted by molar-refractivity contribution is -0.120. The second-order valence-corrected chi connectivity index (χ2v) is 4.50. The van der Waals surface area contributed by atoms with Gasteiger partial charge in [-0.3, -0.25) is 4.79 Å². The van der Waals surface area contributed by atoms with Crippen molar-refractivity contribution in [1.29, 1.82) is 0 Å². The molecule has 6 nitrogen and oxygen atoms in total. The third-order valence-electron chi connectivity index (χ3n) is 2.86. The molecular formula is C15H18N4O2. The summed E-state index contributed by atoms with van der Waals surface area (Å²) in [5, 5.41) is 2.83. The third-order valence-corrected chi connectivity index (χ3v) is 2.86. The first-order valence-electron chi connectivity index (χ1n) is 6.73. The fourth-order valence-corrected chi connectivity index (χ4v) is 1.65. The Balaban J connectivity index is 1.86. The predicted octanol–water partition coefficient (Wildman–Crippen LogP) is 1.66. The van der Waals surface area contributed by atoms with Crippen molar-refractivity contribution in [3.8, 4) is 6.01 Å². The molecule has 1 amide bonds. The number of nitrogens with one attached hydrogen (secondary N) is 1. The van der Waals surface area contributed by atoms with E-state index < -0.39 is 0 Å². The molecule has 0 radical (unpaired) electrons. The van der Waals surface area contributed by atoms with Crippen molar-refractivity contribution in [2.45, 2.75) is 26.5 Å². The molecule has 6 heteroatoms. The van der Waals surface area contributed by atoms with Crippen molar-refractivity contribution >= 4 is 11.7 Å². The van der Waals surface area contributed by atoms with Crippen LogP contribution in [0.4, 0.5) is 5.82 Å². The standard InChI is InChI=1S/C15H18N4O2/c1-2-14(20)18-9-11-3-5-12(6-4-11)10-21-15-17-8-7-13(16)19-15/h3-8H,2,9-10H2,1H3,(H,18,20)(H2,16,17,19). The summed E-state index contributed by atoms with van der Waals surface area (Å²) < 4.78 is 5.46. The maximum absolute atomic E-state index is 11.2. The van der Waals surface area contributed by atoms with Crippen molar-refractivity contribution in [1.82, 2.24) is 15.3 Å². The zero-order valence-electron chi connectivity index (χ0n) is 11.9. The van der Waals surface area contributed by atoms with Gasteiger partial charge in [-0.2, -0.15) is 4.98 Å². The molecule has 1 aromatic carbocycles. The van der Waals surface area contributed by atoms with E-state index >= 15 is 0 Å². The number of nitrogens with zero attached hydrogens (tertiary/aromatic N) is 2. The highest BCUT2D eigenvalue weighted by Crippen LogP contribution is 2.09. The average Bonchev–Trinajstić information content (AvgIpc) is 2.51. The van der Waals surface area contributed by atoms with Gasteiger partial charge in [-0.25, -0.2) is 4.98 Å². The van der Waals surface area contributed by atoms with Crippen molar-refractivity contribution < 1.29 is 9.53 Å². The summed E-state index contributed by atoms with van der Waals surface area (Å²) in [6.07, 6.45) is 2.04. The zero-order valence-corrected chi connectivity index (χ0v) is 11.9. The maximum atomic E-state index is 11.2. The fraction of sp³-hybridized carbons (Fsp3) is 0.267. The molecule has 0 aliphatic heterocycles. The lowest BCUT2D eigenvalue weighted by Gasteiger charge is -2.07. The second-order valence-electron chi connectivity index (χ2n) is 4.50. The number of nitrogens with two attached hydrogens (primary N) is 1. The first-order chi connectivity index (χ1) is 10.2. The Hall–Kier alpha value is -2.63. The molecule has 0 aliphatic carbocycles. The van der Waals surface area contributed by atoms with Crippen molar-refractivity contribution in [3.05, 3.63) is 47.7 Å². The molecule has 0 bridgehead atoms. The number of ether oxygens (including phenoxy) is 1. The molecule has 0 aliphatic rings. The molecule has 21 heavy (non-hydrogen) atoms. The van der Waals surface area contributed by atoms with E-state index in [9.17, 15) is 4.79 Å². The van der Waals surface area contributed by atoms with Crippen LogP contribution in [0.15, 0.2) is 36.5 Å². The van der Waals surface area contributed by atoms with Crippen molar-refractivity contribution in [2.75, 3.05) is 5.73 Å². The van der Waals surface area contributed by atoms with Gasteiger partial charge in [0.2, 0.25) is 5.91 Å². The van der Waals surface area contributed by atoms with E-state index in [0.717, 1.165) is 11.1 Å². The average molecular weight is 286 g/mol. The maximum Gasteiger partial charge on any atom is 0.318 e. The third kappa shape index (κ3) is 4.76. The predicted molar refractivity (Wildman–Crippen MR) is 79.4 cm³/mol. The molecule has 110 valence electrons. The van der Waals surface area contributed by atoms with Crippen LogP contribution in [0.5, 0.6) is 6.01 Å². The molecule has 0 atom stereocenters. The van der Waals surface area contributed by atoms with Crippen LogP contribution in [0.25, 0.3) is 0 Å². The number of anilines is 1. The Bertz CT molecular complexity index is 599. The minimum Gasteiger partial charge on any atom is -0.459 e. The Morgan fingerprint density at radius 2 is 1.95 bits per heavy atom. The number of aromatic nitrogens is 2. The molecule has 3 N–H and O–H groups in total.